The maximum absolute atomic E-state index is 2.65. The Morgan fingerprint density at radius 3 is 1.71 bits per heavy atom. The molecule has 12 rings (SSSR count). The Kier molecular flexibility index (Phi) is 7.54. The van der Waals surface area contributed by atoms with Crippen LogP contribution >= 0.6 is 0 Å². The fraction of sp³-hybridized carbons (Fsp3) is 0.259. The van der Waals surface area contributed by atoms with Gasteiger partial charge in [-0.2, -0.15) is 0 Å². The van der Waals surface area contributed by atoms with Gasteiger partial charge in [-0.1, -0.05) is 147 Å². The molecule has 1 nitrogen and oxygen atoms in total. The third kappa shape index (κ3) is 5.05. The van der Waals surface area contributed by atoms with Gasteiger partial charge < -0.3 is 4.90 Å². The van der Waals surface area contributed by atoms with Gasteiger partial charge in [0.15, 0.2) is 0 Å². The first kappa shape index (κ1) is 33.0. The fourth-order valence-electron chi connectivity index (χ4n) is 12.3. The van der Waals surface area contributed by atoms with Gasteiger partial charge in [-0.05, 0) is 153 Å². The average molecular weight is 712 g/mol. The molecule has 0 unspecified atom stereocenters. The van der Waals surface area contributed by atoms with Gasteiger partial charge >= 0.3 is 0 Å². The minimum atomic E-state index is -0.457. The molecule has 0 aliphatic heterocycles. The zero-order valence-corrected chi connectivity index (χ0v) is 32.1. The topological polar surface area (TPSA) is 3.24 Å². The molecule has 4 saturated carbocycles. The van der Waals surface area contributed by atoms with E-state index < -0.39 is 5.41 Å². The summed E-state index contributed by atoms with van der Waals surface area (Å²) in [5.74, 6) is 3.07. The Morgan fingerprint density at radius 2 is 1.04 bits per heavy atom. The second-order valence-electron chi connectivity index (χ2n) is 17.8. The SMILES string of the molecule is CC(C)c1ccc(C23CC4CC(CC(C4)C2)C3)cc1N(c1ccc2c(c1)C(c1ccccc1)(c1ccccc1)c1ccccc1-2)c1ccc2ccccc2c1. The van der Waals surface area contributed by atoms with E-state index in [4.69, 9.17) is 0 Å². The lowest BCUT2D eigenvalue weighted by Gasteiger charge is -2.57. The van der Waals surface area contributed by atoms with Gasteiger partial charge in [0.2, 0.25) is 0 Å². The number of benzene rings is 7. The van der Waals surface area contributed by atoms with E-state index in [0.717, 1.165) is 17.8 Å². The van der Waals surface area contributed by atoms with Gasteiger partial charge in [-0.25, -0.2) is 0 Å². The molecule has 4 fully saturated rings. The molecule has 0 spiro atoms. The van der Waals surface area contributed by atoms with Crippen LogP contribution in [0.5, 0.6) is 0 Å². The Bertz CT molecular complexity index is 2490. The zero-order chi connectivity index (χ0) is 36.7. The number of hydrogen-bond donors (Lipinski definition) is 0. The van der Waals surface area contributed by atoms with Crippen LogP contribution in [0.1, 0.15) is 91.7 Å². The van der Waals surface area contributed by atoms with Crippen molar-refractivity contribution in [2.24, 2.45) is 17.8 Å². The Labute approximate surface area is 326 Å². The Morgan fingerprint density at radius 1 is 0.473 bits per heavy atom. The van der Waals surface area contributed by atoms with Crippen molar-refractivity contribution < 1.29 is 0 Å². The molecule has 1 heteroatoms. The van der Waals surface area contributed by atoms with Crippen LogP contribution in [0, 0.1) is 17.8 Å². The Hall–Kier alpha value is -5.40. The average Bonchev–Trinajstić information content (AvgIpc) is 3.51. The van der Waals surface area contributed by atoms with Crippen molar-refractivity contribution >= 4 is 27.8 Å². The minimum Gasteiger partial charge on any atom is -0.310 e. The number of nitrogens with zero attached hydrogens (tertiary/aromatic N) is 1. The molecule has 5 aliphatic carbocycles. The van der Waals surface area contributed by atoms with Crippen molar-refractivity contribution in [3.05, 3.63) is 197 Å². The predicted molar refractivity (Wildman–Crippen MR) is 230 cm³/mol. The summed E-state index contributed by atoms with van der Waals surface area (Å²) in [5.41, 5.74) is 14.5. The van der Waals surface area contributed by atoms with Gasteiger partial charge in [0.25, 0.3) is 0 Å². The molecule has 0 radical (unpaired) electrons. The summed E-state index contributed by atoms with van der Waals surface area (Å²) in [7, 11) is 0. The number of anilines is 3. The van der Waals surface area contributed by atoms with E-state index in [0.29, 0.717) is 11.3 Å². The maximum atomic E-state index is 2.65. The van der Waals surface area contributed by atoms with Crippen molar-refractivity contribution in [3.8, 4) is 11.1 Å². The number of hydrogen-bond acceptors (Lipinski definition) is 1. The maximum Gasteiger partial charge on any atom is 0.0714 e. The summed E-state index contributed by atoms with van der Waals surface area (Å²) >= 11 is 0. The van der Waals surface area contributed by atoms with E-state index in [9.17, 15) is 0 Å². The van der Waals surface area contributed by atoms with Crippen LogP contribution in [0.3, 0.4) is 0 Å². The molecular weight excluding hydrogens is 663 g/mol. The van der Waals surface area contributed by atoms with Crippen molar-refractivity contribution in [2.75, 3.05) is 4.90 Å². The number of rotatable bonds is 7. The predicted octanol–water partition coefficient (Wildman–Crippen LogP) is 14.3. The van der Waals surface area contributed by atoms with Crippen LogP contribution < -0.4 is 4.90 Å². The fourth-order valence-corrected chi connectivity index (χ4v) is 12.3. The largest absolute Gasteiger partial charge is 0.310 e. The first-order chi connectivity index (χ1) is 27.0. The number of fused-ring (bicyclic) bond motifs is 4. The summed E-state index contributed by atoms with van der Waals surface area (Å²) in [6.07, 6.45) is 8.47. The highest BCUT2D eigenvalue weighted by molar-refractivity contribution is 5.92. The van der Waals surface area contributed by atoms with Crippen molar-refractivity contribution in [1.29, 1.82) is 0 Å². The third-order valence-electron chi connectivity index (χ3n) is 14.2. The summed E-state index contributed by atoms with van der Waals surface area (Å²) in [6.45, 7) is 4.74. The molecule has 0 saturated heterocycles. The molecular formula is C54H49N. The van der Waals surface area contributed by atoms with Gasteiger partial charge in [-0.15, -0.1) is 0 Å². The van der Waals surface area contributed by atoms with Crippen LogP contribution in [-0.4, -0.2) is 0 Å². The van der Waals surface area contributed by atoms with Gasteiger partial charge in [0, 0.05) is 17.1 Å². The quantitative estimate of drug-likeness (QED) is 0.159. The van der Waals surface area contributed by atoms with Gasteiger partial charge in [-0.3, -0.25) is 0 Å². The molecule has 0 amide bonds. The van der Waals surface area contributed by atoms with Crippen LogP contribution in [0.15, 0.2) is 164 Å². The van der Waals surface area contributed by atoms with Gasteiger partial charge in [0.1, 0.15) is 0 Å². The molecule has 7 aromatic rings. The molecule has 0 atom stereocenters. The summed E-state index contributed by atoms with van der Waals surface area (Å²) < 4.78 is 0. The molecule has 4 bridgehead atoms. The van der Waals surface area contributed by atoms with E-state index in [1.54, 1.807) is 5.56 Å². The van der Waals surface area contributed by atoms with E-state index in [2.05, 4.69) is 183 Å². The van der Waals surface area contributed by atoms with Crippen LogP contribution in [-0.2, 0) is 10.8 Å². The van der Waals surface area contributed by atoms with Crippen molar-refractivity contribution in [1.82, 2.24) is 0 Å². The summed E-state index contributed by atoms with van der Waals surface area (Å²) in [5, 5.41) is 2.54. The third-order valence-corrected chi connectivity index (χ3v) is 14.2. The first-order valence-corrected chi connectivity index (χ1v) is 20.8. The monoisotopic (exact) mass is 711 g/mol. The lowest BCUT2D eigenvalue weighted by Crippen LogP contribution is -2.48. The molecule has 7 aromatic carbocycles. The van der Waals surface area contributed by atoms with E-state index in [1.807, 2.05) is 0 Å². The highest BCUT2D eigenvalue weighted by Crippen LogP contribution is 2.62. The molecule has 270 valence electrons. The zero-order valence-electron chi connectivity index (χ0n) is 32.1. The molecule has 0 N–H and O–H groups in total. The Balaban J connectivity index is 1.18. The molecule has 55 heavy (non-hydrogen) atoms. The highest BCUT2D eigenvalue weighted by Gasteiger charge is 2.52. The lowest BCUT2D eigenvalue weighted by molar-refractivity contribution is -0.00517. The first-order valence-electron chi connectivity index (χ1n) is 20.8. The molecule has 5 aliphatic rings. The summed E-state index contributed by atoms with van der Waals surface area (Å²) in [4.78, 5) is 2.62. The van der Waals surface area contributed by atoms with Crippen LogP contribution in [0.4, 0.5) is 17.1 Å². The van der Waals surface area contributed by atoms with E-state index >= 15 is 0 Å². The highest BCUT2D eigenvalue weighted by atomic mass is 15.1. The summed E-state index contributed by atoms with van der Waals surface area (Å²) in [6, 6.07) is 62.5. The van der Waals surface area contributed by atoms with Gasteiger partial charge in [0.05, 0.1) is 5.41 Å². The normalized spacial score (nSPS) is 22.9. The smallest absolute Gasteiger partial charge is 0.0714 e. The van der Waals surface area contributed by atoms with Crippen LogP contribution in [0.2, 0.25) is 0 Å². The minimum absolute atomic E-state index is 0.309. The second kappa shape index (κ2) is 12.6. The second-order valence-corrected chi connectivity index (χ2v) is 17.8. The van der Waals surface area contributed by atoms with E-state index in [-0.39, 0.29) is 0 Å². The van der Waals surface area contributed by atoms with E-state index in [1.165, 1.54) is 105 Å². The molecule has 0 heterocycles. The molecule has 0 aromatic heterocycles. The standard InChI is InChI=1S/C54H49N/c1-36(2)47-25-22-44(53-33-37-27-38(34-53)29-39(28-37)35-53)31-52(47)55(45-23-21-40-13-9-10-14-41(40)30-45)46-24-26-49-48-19-11-12-20-50(48)54(51(49)32-46,42-15-5-3-6-16-42)43-17-7-4-8-18-43/h3-26,30-32,36-39H,27-29,33-35H2,1-2H3. The van der Waals surface area contributed by atoms with Crippen LogP contribution in [0.25, 0.3) is 21.9 Å². The van der Waals surface area contributed by atoms with Crippen molar-refractivity contribution in [2.45, 2.75) is 69.1 Å². The van der Waals surface area contributed by atoms with Crippen molar-refractivity contribution in [3.63, 3.8) is 0 Å². The lowest BCUT2D eigenvalue weighted by atomic mass is 9.48.